The van der Waals surface area contributed by atoms with Gasteiger partial charge in [-0.15, -0.1) is 0 Å². The maximum absolute atomic E-state index is 12.4. The highest BCUT2D eigenvalue weighted by molar-refractivity contribution is 5.75. The van der Waals surface area contributed by atoms with Gasteiger partial charge in [0, 0.05) is 58.4 Å². The molecule has 3 heterocycles. The molecule has 0 aliphatic carbocycles. The molecule has 1 atom stereocenters. The van der Waals surface area contributed by atoms with Crippen molar-refractivity contribution in [1.29, 1.82) is 0 Å². The van der Waals surface area contributed by atoms with Crippen LogP contribution in [0.5, 0.6) is 0 Å². The first-order valence-corrected chi connectivity index (χ1v) is 7.41. The average Bonchev–Trinajstić information content (AvgIpc) is 2.48. The van der Waals surface area contributed by atoms with Crippen LogP contribution in [0, 0.1) is 0 Å². The molecule has 6 heteroatoms. The molecule has 3 rings (SSSR count). The van der Waals surface area contributed by atoms with Crippen molar-refractivity contribution >= 4 is 6.03 Å². The molecule has 2 amide bonds. The summed E-state index contributed by atoms with van der Waals surface area (Å²) in [5.74, 6) is 0. The normalized spacial score (nSPS) is 29.5. The molecule has 0 bridgehead atoms. The van der Waals surface area contributed by atoms with Gasteiger partial charge in [-0.05, 0) is 6.42 Å². The number of amides is 2. The van der Waals surface area contributed by atoms with Gasteiger partial charge in [-0.2, -0.15) is 0 Å². The van der Waals surface area contributed by atoms with Gasteiger partial charge in [-0.3, -0.25) is 4.90 Å². The van der Waals surface area contributed by atoms with Gasteiger partial charge in [0.05, 0.1) is 13.2 Å². The lowest BCUT2D eigenvalue weighted by Gasteiger charge is -2.44. The Kier molecular flexibility index (Phi) is 4.20. The molecule has 0 radical (unpaired) electrons. The number of nitrogens with zero attached hydrogens (tertiary/aromatic N) is 3. The second kappa shape index (κ2) is 6.07. The summed E-state index contributed by atoms with van der Waals surface area (Å²) in [6, 6.07) is 0.659. The maximum atomic E-state index is 12.4. The lowest BCUT2D eigenvalue weighted by molar-refractivity contribution is 0.0301. The van der Waals surface area contributed by atoms with E-state index in [2.05, 4.69) is 15.1 Å². The standard InChI is InChI=1S/C13H24N4O2/c18-13-16(6-5-15-7-9-19-10-8-15)3-1-12-11-14-2-4-17(12)13/h12,14H,1-11H2. The number of piperazine rings is 1. The minimum absolute atomic E-state index is 0.242. The molecule has 1 unspecified atom stereocenters. The molecule has 3 aliphatic rings. The third-order valence-electron chi connectivity index (χ3n) is 4.39. The van der Waals surface area contributed by atoms with E-state index in [1.807, 2.05) is 4.90 Å². The van der Waals surface area contributed by atoms with Crippen LogP contribution in [0.1, 0.15) is 6.42 Å². The van der Waals surface area contributed by atoms with E-state index < -0.39 is 0 Å². The Morgan fingerprint density at radius 1 is 1.16 bits per heavy atom. The van der Waals surface area contributed by atoms with Gasteiger partial charge in [0.1, 0.15) is 0 Å². The molecule has 3 saturated heterocycles. The van der Waals surface area contributed by atoms with E-state index in [9.17, 15) is 4.79 Å². The lowest BCUT2D eigenvalue weighted by Crippen LogP contribution is -2.62. The van der Waals surface area contributed by atoms with E-state index in [0.717, 1.165) is 72.0 Å². The fourth-order valence-electron chi connectivity index (χ4n) is 3.15. The maximum Gasteiger partial charge on any atom is 0.320 e. The molecule has 1 N–H and O–H groups in total. The Morgan fingerprint density at radius 2 is 2.00 bits per heavy atom. The number of hydrogen-bond acceptors (Lipinski definition) is 4. The SMILES string of the molecule is O=C1N(CCN2CCOCC2)CCC2CNCCN12. The van der Waals surface area contributed by atoms with Crippen LogP contribution in [0.3, 0.4) is 0 Å². The Labute approximate surface area is 114 Å². The zero-order chi connectivity index (χ0) is 13.1. The first-order valence-electron chi connectivity index (χ1n) is 7.41. The third-order valence-corrected chi connectivity index (χ3v) is 4.39. The van der Waals surface area contributed by atoms with Gasteiger partial charge in [0.15, 0.2) is 0 Å². The fourth-order valence-corrected chi connectivity index (χ4v) is 3.15. The van der Waals surface area contributed by atoms with Gasteiger partial charge in [0.25, 0.3) is 0 Å². The quantitative estimate of drug-likeness (QED) is 0.744. The first-order chi connectivity index (χ1) is 9.34. The zero-order valence-electron chi connectivity index (χ0n) is 11.5. The molecule has 19 heavy (non-hydrogen) atoms. The van der Waals surface area contributed by atoms with Crippen LogP contribution in [-0.4, -0.2) is 92.3 Å². The Balaban J connectivity index is 1.49. The molecular weight excluding hydrogens is 244 g/mol. The number of morpholine rings is 1. The highest BCUT2D eigenvalue weighted by Gasteiger charge is 2.34. The minimum atomic E-state index is 0.242. The first kappa shape index (κ1) is 13.1. The summed E-state index contributed by atoms with van der Waals surface area (Å²) in [7, 11) is 0. The van der Waals surface area contributed by atoms with Crippen molar-refractivity contribution in [2.24, 2.45) is 0 Å². The number of hydrogen-bond donors (Lipinski definition) is 1. The third kappa shape index (κ3) is 3.01. The summed E-state index contributed by atoms with van der Waals surface area (Å²) in [6.45, 7) is 9.14. The van der Waals surface area contributed by atoms with Crippen molar-refractivity contribution in [3.63, 3.8) is 0 Å². The Morgan fingerprint density at radius 3 is 2.84 bits per heavy atom. The van der Waals surface area contributed by atoms with Gasteiger partial charge in [-0.1, -0.05) is 0 Å². The summed E-state index contributed by atoms with van der Waals surface area (Å²) < 4.78 is 5.35. The fraction of sp³-hybridized carbons (Fsp3) is 0.923. The van der Waals surface area contributed by atoms with Crippen molar-refractivity contribution in [2.75, 3.05) is 65.6 Å². The Bertz CT molecular complexity index is 320. The van der Waals surface area contributed by atoms with Gasteiger partial charge in [-0.25, -0.2) is 4.79 Å². The number of rotatable bonds is 3. The molecule has 3 aliphatic heterocycles. The topological polar surface area (TPSA) is 48.1 Å². The average molecular weight is 268 g/mol. The molecule has 0 aromatic heterocycles. The van der Waals surface area contributed by atoms with Gasteiger partial charge >= 0.3 is 6.03 Å². The van der Waals surface area contributed by atoms with Crippen LogP contribution in [0.15, 0.2) is 0 Å². The molecule has 0 spiro atoms. The molecule has 0 saturated carbocycles. The second-order valence-electron chi connectivity index (χ2n) is 5.56. The smallest absolute Gasteiger partial charge is 0.320 e. The number of fused-ring (bicyclic) bond motifs is 1. The lowest BCUT2D eigenvalue weighted by atomic mass is 10.1. The molecule has 3 fully saturated rings. The van der Waals surface area contributed by atoms with E-state index in [0.29, 0.717) is 6.04 Å². The molecule has 6 nitrogen and oxygen atoms in total. The predicted molar refractivity (Wildman–Crippen MR) is 72.2 cm³/mol. The highest BCUT2D eigenvalue weighted by atomic mass is 16.5. The summed E-state index contributed by atoms with van der Waals surface area (Å²) in [5, 5.41) is 3.37. The molecular formula is C13H24N4O2. The molecule has 0 aromatic rings. The van der Waals surface area contributed by atoms with Gasteiger partial charge < -0.3 is 19.9 Å². The van der Waals surface area contributed by atoms with E-state index >= 15 is 0 Å². The number of urea groups is 1. The van der Waals surface area contributed by atoms with E-state index in [4.69, 9.17) is 4.74 Å². The molecule has 108 valence electrons. The van der Waals surface area contributed by atoms with Crippen LogP contribution in [-0.2, 0) is 4.74 Å². The summed E-state index contributed by atoms with van der Waals surface area (Å²) in [5.41, 5.74) is 0. The summed E-state index contributed by atoms with van der Waals surface area (Å²) in [4.78, 5) is 18.9. The van der Waals surface area contributed by atoms with E-state index in [-0.39, 0.29) is 6.03 Å². The number of ether oxygens (including phenoxy) is 1. The van der Waals surface area contributed by atoms with Crippen LogP contribution < -0.4 is 5.32 Å². The van der Waals surface area contributed by atoms with Crippen molar-refractivity contribution in [1.82, 2.24) is 20.0 Å². The highest BCUT2D eigenvalue weighted by Crippen LogP contribution is 2.17. The predicted octanol–water partition coefficient (Wildman–Crippen LogP) is -0.582. The second-order valence-corrected chi connectivity index (χ2v) is 5.56. The van der Waals surface area contributed by atoms with Crippen LogP contribution in [0.4, 0.5) is 4.79 Å². The summed E-state index contributed by atoms with van der Waals surface area (Å²) >= 11 is 0. The monoisotopic (exact) mass is 268 g/mol. The van der Waals surface area contributed by atoms with Crippen molar-refractivity contribution in [3.8, 4) is 0 Å². The minimum Gasteiger partial charge on any atom is -0.379 e. The van der Waals surface area contributed by atoms with Crippen LogP contribution in [0.25, 0.3) is 0 Å². The van der Waals surface area contributed by atoms with Crippen molar-refractivity contribution in [2.45, 2.75) is 12.5 Å². The molecule has 0 aromatic carbocycles. The van der Waals surface area contributed by atoms with Crippen LogP contribution in [0.2, 0.25) is 0 Å². The summed E-state index contributed by atoms with van der Waals surface area (Å²) in [6.07, 6.45) is 1.10. The van der Waals surface area contributed by atoms with Crippen molar-refractivity contribution < 1.29 is 9.53 Å². The number of carbonyl (C=O) groups is 1. The van der Waals surface area contributed by atoms with E-state index in [1.54, 1.807) is 0 Å². The van der Waals surface area contributed by atoms with Crippen LogP contribution >= 0.6 is 0 Å². The van der Waals surface area contributed by atoms with Gasteiger partial charge in [0.2, 0.25) is 0 Å². The number of carbonyl (C=O) groups excluding carboxylic acids is 1. The largest absolute Gasteiger partial charge is 0.379 e. The number of nitrogens with one attached hydrogen (secondary N) is 1. The Hall–Kier alpha value is -0.850. The zero-order valence-corrected chi connectivity index (χ0v) is 11.5. The van der Waals surface area contributed by atoms with E-state index in [1.165, 1.54) is 0 Å². The van der Waals surface area contributed by atoms with Crippen molar-refractivity contribution in [3.05, 3.63) is 0 Å².